The van der Waals surface area contributed by atoms with Crippen molar-refractivity contribution in [2.75, 3.05) is 6.54 Å². The molecule has 0 radical (unpaired) electrons. The summed E-state index contributed by atoms with van der Waals surface area (Å²) in [5, 5.41) is 1.44. The average molecular weight is 258 g/mol. The van der Waals surface area contributed by atoms with E-state index in [9.17, 15) is 0 Å². The fourth-order valence-corrected chi connectivity index (χ4v) is 2.66. The molecule has 0 aliphatic heterocycles. The molecule has 2 heteroatoms. The van der Waals surface area contributed by atoms with Crippen molar-refractivity contribution in [3.8, 4) is 0 Å². The quantitative estimate of drug-likeness (QED) is 0.832. The van der Waals surface area contributed by atoms with Gasteiger partial charge in [-0.2, -0.15) is 0 Å². The first-order valence-corrected chi connectivity index (χ1v) is 7.49. The zero-order valence-electron chi connectivity index (χ0n) is 12.4. The molecule has 0 atom stereocenters. The van der Waals surface area contributed by atoms with Gasteiger partial charge in [-0.15, -0.1) is 0 Å². The van der Waals surface area contributed by atoms with Crippen molar-refractivity contribution < 1.29 is 0 Å². The number of rotatable bonds is 6. The minimum atomic E-state index is 0.589. The Hall–Kier alpha value is -1.28. The molecule has 2 N–H and O–H groups in total. The Kier molecular flexibility index (Phi) is 4.65. The van der Waals surface area contributed by atoms with Crippen molar-refractivity contribution in [1.82, 2.24) is 4.57 Å². The summed E-state index contributed by atoms with van der Waals surface area (Å²) >= 11 is 0. The smallest absolute Gasteiger partial charge is 0.0483 e. The van der Waals surface area contributed by atoms with Crippen molar-refractivity contribution in [3.05, 3.63) is 35.5 Å². The number of hydrogen-bond donors (Lipinski definition) is 1. The molecule has 19 heavy (non-hydrogen) atoms. The van der Waals surface area contributed by atoms with E-state index in [0.29, 0.717) is 5.92 Å². The van der Waals surface area contributed by atoms with E-state index >= 15 is 0 Å². The van der Waals surface area contributed by atoms with Gasteiger partial charge in [0.25, 0.3) is 0 Å². The van der Waals surface area contributed by atoms with Gasteiger partial charge in [-0.05, 0) is 48.6 Å². The number of benzene rings is 1. The molecular formula is C17H26N2. The van der Waals surface area contributed by atoms with Crippen molar-refractivity contribution in [2.24, 2.45) is 5.73 Å². The number of aromatic nitrogens is 1. The molecule has 1 aromatic carbocycles. The third-order valence-corrected chi connectivity index (χ3v) is 3.78. The van der Waals surface area contributed by atoms with Crippen molar-refractivity contribution in [1.29, 1.82) is 0 Å². The van der Waals surface area contributed by atoms with Gasteiger partial charge in [0, 0.05) is 23.6 Å². The van der Waals surface area contributed by atoms with E-state index in [-0.39, 0.29) is 0 Å². The van der Waals surface area contributed by atoms with Crippen LogP contribution in [0.4, 0.5) is 0 Å². The summed E-state index contributed by atoms with van der Waals surface area (Å²) in [4.78, 5) is 0. The van der Waals surface area contributed by atoms with Crippen LogP contribution in [-0.2, 0) is 13.0 Å². The fourth-order valence-electron chi connectivity index (χ4n) is 2.66. The fraction of sp³-hybridized carbons (Fsp3) is 0.529. The van der Waals surface area contributed by atoms with Gasteiger partial charge in [-0.25, -0.2) is 0 Å². The van der Waals surface area contributed by atoms with Gasteiger partial charge >= 0.3 is 0 Å². The maximum atomic E-state index is 5.64. The van der Waals surface area contributed by atoms with E-state index in [0.717, 1.165) is 25.9 Å². The first-order valence-electron chi connectivity index (χ1n) is 7.49. The summed E-state index contributed by atoms with van der Waals surface area (Å²) in [5.41, 5.74) is 9.91. The van der Waals surface area contributed by atoms with Crippen LogP contribution in [0.15, 0.2) is 24.4 Å². The van der Waals surface area contributed by atoms with E-state index in [1.54, 1.807) is 0 Å². The topological polar surface area (TPSA) is 30.9 Å². The average Bonchev–Trinajstić information content (AvgIpc) is 2.74. The minimum Gasteiger partial charge on any atom is -0.347 e. The summed E-state index contributed by atoms with van der Waals surface area (Å²) in [6.45, 7) is 8.54. The van der Waals surface area contributed by atoms with Crippen LogP contribution in [0, 0.1) is 0 Å². The van der Waals surface area contributed by atoms with Gasteiger partial charge in [-0.1, -0.05) is 33.3 Å². The molecule has 1 heterocycles. The molecule has 0 saturated carbocycles. The Morgan fingerprint density at radius 3 is 2.68 bits per heavy atom. The van der Waals surface area contributed by atoms with Crippen LogP contribution in [-0.4, -0.2) is 11.1 Å². The van der Waals surface area contributed by atoms with Gasteiger partial charge in [0.2, 0.25) is 0 Å². The SMILES string of the molecule is CCCc1cn(CCCN)c2ccc(C(C)C)cc12. The second-order valence-corrected chi connectivity index (χ2v) is 5.67. The third-order valence-electron chi connectivity index (χ3n) is 3.78. The Morgan fingerprint density at radius 1 is 1.26 bits per heavy atom. The first kappa shape index (κ1) is 14.1. The van der Waals surface area contributed by atoms with E-state index in [2.05, 4.69) is 49.7 Å². The molecule has 2 nitrogen and oxygen atoms in total. The Labute approximate surface area is 116 Å². The molecule has 0 unspecified atom stereocenters. The molecule has 104 valence electrons. The second kappa shape index (κ2) is 6.25. The summed E-state index contributed by atoms with van der Waals surface area (Å²) in [5.74, 6) is 0.589. The van der Waals surface area contributed by atoms with Crippen LogP contribution in [0.1, 0.15) is 50.7 Å². The molecule has 0 saturated heterocycles. The van der Waals surface area contributed by atoms with Gasteiger partial charge in [0.15, 0.2) is 0 Å². The summed E-state index contributed by atoms with van der Waals surface area (Å²) < 4.78 is 2.37. The maximum absolute atomic E-state index is 5.64. The normalized spacial score (nSPS) is 11.6. The molecule has 0 fully saturated rings. The molecule has 0 aliphatic carbocycles. The van der Waals surface area contributed by atoms with Crippen LogP contribution in [0.2, 0.25) is 0 Å². The monoisotopic (exact) mass is 258 g/mol. The minimum absolute atomic E-state index is 0.589. The molecule has 2 rings (SSSR count). The van der Waals surface area contributed by atoms with Crippen molar-refractivity contribution in [3.63, 3.8) is 0 Å². The summed E-state index contributed by atoms with van der Waals surface area (Å²) in [7, 11) is 0. The van der Waals surface area contributed by atoms with Crippen molar-refractivity contribution in [2.45, 2.75) is 52.5 Å². The highest BCUT2D eigenvalue weighted by Crippen LogP contribution is 2.27. The standard InChI is InChI=1S/C17H26N2/c1-4-6-15-12-19(10-5-9-18)17-8-7-14(13(2)3)11-16(15)17/h7-8,11-13H,4-6,9-10,18H2,1-3H3. The van der Waals surface area contributed by atoms with E-state index in [1.165, 1.54) is 28.5 Å². The lowest BCUT2D eigenvalue weighted by atomic mass is 9.99. The van der Waals surface area contributed by atoms with Gasteiger partial charge in [0.05, 0.1) is 0 Å². The van der Waals surface area contributed by atoms with Crippen LogP contribution in [0.3, 0.4) is 0 Å². The molecule has 1 aromatic heterocycles. The van der Waals surface area contributed by atoms with Crippen molar-refractivity contribution >= 4 is 10.9 Å². The largest absolute Gasteiger partial charge is 0.347 e. The lowest BCUT2D eigenvalue weighted by Crippen LogP contribution is -2.04. The number of hydrogen-bond acceptors (Lipinski definition) is 1. The zero-order chi connectivity index (χ0) is 13.8. The Bertz CT molecular complexity index is 537. The highest BCUT2D eigenvalue weighted by molar-refractivity contribution is 5.85. The lowest BCUT2D eigenvalue weighted by Gasteiger charge is -2.07. The predicted molar refractivity (Wildman–Crippen MR) is 83.7 cm³/mol. The second-order valence-electron chi connectivity index (χ2n) is 5.67. The number of aryl methyl sites for hydroxylation is 2. The molecule has 0 bridgehead atoms. The van der Waals surface area contributed by atoms with Gasteiger partial charge < -0.3 is 10.3 Å². The van der Waals surface area contributed by atoms with Gasteiger partial charge in [-0.3, -0.25) is 0 Å². The highest BCUT2D eigenvalue weighted by atomic mass is 15.0. The zero-order valence-corrected chi connectivity index (χ0v) is 12.4. The molecule has 0 aliphatic rings. The van der Waals surface area contributed by atoms with Crippen LogP contribution < -0.4 is 5.73 Å². The number of nitrogens with two attached hydrogens (primary N) is 1. The number of fused-ring (bicyclic) bond motifs is 1. The molecule has 0 amide bonds. The van der Waals surface area contributed by atoms with Crippen LogP contribution >= 0.6 is 0 Å². The predicted octanol–water partition coefficient (Wildman–Crippen LogP) is 4.07. The Balaban J connectivity index is 2.47. The molecule has 2 aromatic rings. The van der Waals surface area contributed by atoms with Gasteiger partial charge in [0.1, 0.15) is 0 Å². The van der Waals surface area contributed by atoms with Crippen LogP contribution in [0.25, 0.3) is 10.9 Å². The molecular weight excluding hydrogens is 232 g/mol. The number of nitrogens with zero attached hydrogens (tertiary/aromatic N) is 1. The molecule has 0 spiro atoms. The Morgan fingerprint density at radius 2 is 2.05 bits per heavy atom. The first-order chi connectivity index (χ1) is 9.17. The van der Waals surface area contributed by atoms with E-state index in [4.69, 9.17) is 5.73 Å². The van der Waals surface area contributed by atoms with E-state index in [1.807, 2.05) is 0 Å². The lowest BCUT2D eigenvalue weighted by molar-refractivity contribution is 0.668. The summed E-state index contributed by atoms with van der Waals surface area (Å²) in [6.07, 6.45) is 5.73. The van der Waals surface area contributed by atoms with E-state index < -0.39 is 0 Å². The summed E-state index contributed by atoms with van der Waals surface area (Å²) in [6, 6.07) is 6.92. The maximum Gasteiger partial charge on any atom is 0.0483 e. The highest BCUT2D eigenvalue weighted by Gasteiger charge is 2.09. The third kappa shape index (κ3) is 3.01. The van der Waals surface area contributed by atoms with Crippen LogP contribution in [0.5, 0.6) is 0 Å².